The summed E-state index contributed by atoms with van der Waals surface area (Å²) in [6.45, 7) is 1.53. The van der Waals surface area contributed by atoms with E-state index in [9.17, 15) is 4.79 Å². The van der Waals surface area contributed by atoms with Crippen molar-refractivity contribution in [2.45, 2.75) is 57.0 Å². The maximum absolute atomic E-state index is 11.6. The fraction of sp³-hybridized carbons (Fsp3) is 0.917. The van der Waals surface area contributed by atoms with Gasteiger partial charge < -0.3 is 15.4 Å². The molecule has 0 atom stereocenters. The molecule has 0 radical (unpaired) electrons. The molecule has 4 nitrogen and oxygen atoms in total. The monoisotopic (exact) mass is 226 g/mol. The van der Waals surface area contributed by atoms with E-state index < -0.39 is 0 Å². The van der Waals surface area contributed by atoms with Gasteiger partial charge in [-0.1, -0.05) is 19.3 Å². The molecule has 1 aliphatic carbocycles. The number of carbonyl (C=O) groups excluding carboxylic acids is 1. The highest BCUT2D eigenvalue weighted by Gasteiger charge is 2.31. The largest absolute Gasteiger partial charge is 0.381 e. The van der Waals surface area contributed by atoms with E-state index in [4.69, 9.17) is 10.5 Å². The summed E-state index contributed by atoms with van der Waals surface area (Å²) in [5.41, 5.74) is 5.54. The Balaban J connectivity index is 1.99. The average Bonchev–Trinajstić information content (AvgIpc) is 2.31. The van der Waals surface area contributed by atoms with E-state index in [0.717, 1.165) is 38.9 Å². The van der Waals surface area contributed by atoms with E-state index >= 15 is 0 Å². The van der Waals surface area contributed by atoms with Crippen molar-refractivity contribution in [3.05, 3.63) is 0 Å². The topological polar surface area (TPSA) is 55.6 Å². The standard InChI is InChI=1S/C12H22N2O2/c13-12(15)14(10-4-2-1-3-5-10)11-6-8-16-9-7-11/h10-11H,1-9H2,(H2,13,15). The zero-order chi connectivity index (χ0) is 11.4. The third kappa shape index (κ3) is 2.67. The molecule has 1 aliphatic heterocycles. The second kappa shape index (κ2) is 5.53. The first-order valence-electron chi connectivity index (χ1n) is 6.44. The van der Waals surface area contributed by atoms with Gasteiger partial charge in [0.2, 0.25) is 0 Å². The molecule has 0 aromatic rings. The van der Waals surface area contributed by atoms with E-state index in [0.29, 0.717) is 12.1 Å². The van der Waals surface area contributed by atoms with Crippen molar-refractivity contribution in [3.8, 4) is 0 Å². The molecule has 2 rings (SSSR count). The van der Waals surface area contributed by atoms with Crippen LogP contribution in [0, 0.1) is 0 Å². The van der Waals surface area contributed by atoms with Crippen LogP contribution in [0.15, 0.2) is 0 Å². The zero-order valence-electron chi connectivity index (χ0n) is 9.86. The smallest absolute Gasteiger partial charge is 0.315 e. The van der Waals surface area contributed by atoms with Gasteiger partial charge in [-0.25, -0.2) is 4.79 Å². The second-order valence-electron chi connectivity index (χ2n) is 4.88. The predicted octanol–water partition coefficient (Wildman–Crippen LogP) is 1.88. The van der Waals surface area contributed by atoms with Gasteiger partial charge in [-0.2, -0.15) is 0 Å². The van der Waals surface area contributed by atoms with E-state index in [1.165, 1.54) is 19.3 Å². The van der Waals surface area contributed by atoms with Crippen LogP contribution in [0.5, 0.6) is 0 Å². The molecule has 92 valence electrons. The van der Waals surface area contributed by atoms with Crippen molar-refractivity contribution < 1.29 is 9.53 Å². The van der Waals surface area contributed by atoms with Crippen LogP contribution in [0.1, 0.15) is 44.9 Å². The first-order valence-corrected chi connectivity index (χ1v) is 6.44. The fourth-order valence-corrected chi connectivity index (χ4v) is 2.98. The van der Waals surface area contributed by atoms with Gasteiger partial charge in [-0.05, 0) is 25.7 Å². The summed E-state index contributed by atoms with van der Waals surface area (Å²) in [6.07, 6.45) is 7.91. The molecule has 0 unspecified atom stereocenters. The van der Waals surface area contributed by atoms with Gasteiger partial charge in [-0.3, -0.25) is 0 Å². The Morgan fingerprint density at radius 2 is 1.56 bits per heavy atom. The second-order valence-corrected chi connectivity index (χ2v) is 4.88. The first kappa shape index (κ1) is 11.7. The number of nitrogens with zero attached hydrogens (tertiary/aromatic N) is 1. The molecule has 1 heterocycles. The van der Waals surface area contributed by atoms with Gasteiger partial charge >= 0.3 is 6.03 Å². The third-order valence-corrected chi connectivity index (χ3v) is 3.81. The lowest BCUT2D eigenvalue weighted by Gasteiger charge is -2.40. The summed E-state index contributed by atoms with van der Waals surface area (Å²) < 4.78 is 5.34. The highest BCUT2D eigenvalue weighted by atomic mass is 16.5. The summed E-state index contributed by atoms with van der Waals surface area (Å²) in [6, 6.07) is 0.461. The van der Waals surface area contributed by atoms with Crippen molar-refractivity contribution in [2.75, 3.05) is 13.2 Å². The summed E-state index contributed by atoms with van der Waals surface area (Å²) in [7, 11) is 0. The van der Waals surface area contributed by atoms with Crippen LogP contribution >= 0.6 is 0 Å². The van der Waals surface area contributed by atoms with Gasteiger partial charge in [0.25, 0.3) is 0 Å². The predicted molar refractivity (Wildman–Crippen MR) is 62.1 cm³/mol. The van der Waals surface area contributed by atoms with Crippen molar-refractivity contribution in [1.82, 2.24) is 4.90 Å². The molecule has 0 bridgehead atoms. The molecule has 2 amide bonds. The number of primary amides is 1. The normalized spacial score (nSPS) is 24.2. The van der Waals surface area contributed by atoms with Crippen LogP contribution in [0.3, 0.4) is 0 Å². The van der Waals surface area contributed by atoms with E-state index in [1.54, 1.807) is 0 Å². The Labute approximate surface area is 97.1 Å². The van der Waals surface area contributed by atoms with Gasteiger partial charge in [0.05, 0.1) is 0 Å². The molecule has 16 heavy (non-hydrogen) atoms. The average molecular weight is 226 g/mol. The minimum absolute atomic E-state index is 0.237. The van der Waals surface area contributed by atoms with Crippen LogP contribution in [0.4, 0.5) is 4.79 Å². The molecule has 0 aromatic heterocycles. The Morgan fingerprint density at radius 1 is 1.00 bits per heavy atom. The summed E-state index contributed by atoms with van der Waals surface area (Å²) in [5, 5.41) is 0. The number of rotatable bonds is 2. The molecular weight excluding hydrogens is 204 g/mol. The Bertz CT molecular complexity index is 215. The minimum Gasteiger partial charge on any atom is -0.381 e. The molecule has 0 spiro atoms. The van der Waals surface area contributed by atoms with Gasteiger partial charge in [0.1, 0.15) is 0 Å². The van der Waals surface area contributed by atoms with Crippen LogP contribution in [0.2, 0.25) is 0 Å². The molecule has 2 fully saturated rings. The highest BCUT2D eigenvalue weighted by Crippen LogP contribution is 2.26. The number of ether oxygens (including phenoxy) is 1. The molecule has 2 aliphatic rings. The zero-order valence-corrected chi connectivity index (χ0v) is 9.86. The van der Waals surface area contributed by atoms with Crippen LogP contribution in [-0.4, -0.2) is 36.2 Å². The maximum Gasteiger partial charge on any atom is 0.315 e. The minimum atomic E-state index is -0.237. The van der Waals surface area contributed by atoms with Gasteiger partial charge in [0, 0.05) is 25.3 Å². The molecular formula is C12H22N2O2. The van der Waals surface area contributed by atoms with E-state index in [2.05, 4.69) is 0 Å². The fourth-order valence-electron chi connectivity index (χ4n) is 2.98. The van der Waals surface area contributed by atoms with E-state index in [1.807, 2.05) is 4.90 Å². The van der Waals surface area contributed by atoms with E-state index in [-0.39, 0.29) is 6.03 Å². The quantitative estimate of drug-likeness (QED) is 0.781. The lowest BCUT2D eigenvalue weighted by molar-refractivity contribution is 0.0293. The van der Waals surface area contributed by atoms with Gasteiger partial charge in [0.15, 0.2) is 0 Å². The molecule has 1 saturated carbocycles. The Kier molecular flexibility index (Phi) is 4.04. The SMILES string of the molecule is NC(=O)N(C1CCCCC1)C1CCOCC1. The lowest BCUT2D eigenvalue weighted by Crippen LogP contribution is -2.52. The molecule has 1 saturated heterocycles. The van der Waals surface area contributed by atoms with Crippen LogP contribution < -0.4 is 5.73 Å². The van der Waals surface area contributed by atoms with Crippen LogP contribution in [0.25, 0.3) is 0 Å². The first-order chi connectivity index (χ1) is 7.79. The maximum atomic E-state index is 11.6. The Morgan fingerprint density at radius 3 is 2.12 bits per heavy atom. The number of hydrogen-bond donors (Lipinski definition) is 1. The van der Waals surface area contributed by atoms with Crippen molar-refractivity contribution >= 4 is 6.03 Å². The number of nitrogens with two attached hydrogens (primary N) is 1. The number of urea groups is 1. The summed E-state index contributed by atoms with van der Waals surface area (Å²) in [4.78, 5) is 13.6. The third-order valence-electron chi connectivity index (χ3n) is 3.81. The Hall–Kier alpha value is -0.770. The molecule has 2 N–H and O–H groups in total. The van der Waals surface area contributed by atoms with Crippen molar-refractivity contribution in [1.29, 1.82) is 0 Å². The van der Waals surface area contributed by atoms with Crippen molar-refractivity contribution in [3.63, 3.8) is 0 Å². The number of hydrogen-bond acceptors (Lipinski definition) is 2. The molecule has 0 aromatic carbocycles. The van der Waals surface area contributed by atoms with Crippen LogP contribution in [-0.2, 0) is 4.74 Å². The number of carbonyl (C=O) groups is 1. The number of amides is 2. The highest BCUT2D eigenvalue weighted by molar-refractivity contribution is 5.72. The summed E-state index contributed by atoms with van der Waals surface area (Å²) in [5.74, 6) is 0. The molecule has 4 heteroatoms. The van der Waals surface area contributed by atoms with Gasteiger partial charge in [-0.15, -0.1) is 0 Å². The van der Waals surface area contributed by atoms with Crippen molar-refractivity contribution in [2.24, 2.45) is 5.73 Å². The summed E-state index contributed by atoms with van der Waals surface area (Å²) >= 11 is 0. The lowest BCUT2D eigenvalue weighted by atomic mass is 9.92.